The number of nitrogens with zero attached hydrogens (tertiary/aromatic N) is 7. The highest BCUT2D eigenvalue weighted by molar-refractivity contribution is 5.53. The number of aromatic nitrogens is 6. The van der Waals surface area contributed by atoms with Crippen LogP contribution in [-0.2, 0) is 6.42 Å². The highest BCUT2D eigenvalue weighted by Gasteiger charge is 2.34. The lowest BCUT2D eigenvalue weighted by molar-refractivity contribution is 0.535. The number of H-pyrrole nitrogens is 1. The van der Waals surface area contributed by atoms with E-state index in [0.29, 0.717) is 23.6 Å². The van der Waals surface area contributed by atoms with Gasteiger partial charge >= 0.3 is 0 Å². The van der Waals surface area contributed by atoms with Crippen molar-refractivity contribution in [3.63, 3.8) is 0 Å². The molecule has 0 saturated heterocycles. The molecule has 5 heterocycles. The predicted octanol–water partition coefficient (Wildman–Crippen LogP) is 2.01. The molecule has 9 heteroatoms. The summed E-state index contributed by atoms with van der Waals surface area (Å²) >= 11 is 0. The quantitative estimate of drug-likeness (QED) is 0.549. The molecule has 0 radical (unpaired) electrons. The normalized spacial score (nSPS) is 16.3. The summed E-state index contributed by atoms with van der Waals surface area (Å²) in [5.74, 6) is 0.187. The summed E-state index contributed by atoms with van der Waals surface area (Å²) < 4.78 is 15.4. The summed E-state index contributed by atoms with van der Waals surface area (Å²) in [4.78, 5) is 9.67. The second-order valence-corrected chi connectivity index (χ2v) is 6.26. The van der Waals surface area contributed by atoms with Gasteiger partial charge < -0.3 is 9.88 Å². The van der Waals surface area contributed by atoms with Crippen molar-refractivity contribution in [1.82, 2.24) is 29.8 Å². The lowest BCUT2D eigenvalue weighted by atomic mass is 10.00. The van der Waals surface area contributed by atoms with E-state index in [2.05, 4.69) is 25.3 Å². The average molecular weight is 360 g/mol. The molecule has 27 heavy (non-hydrogen) atoms. The number of aromatic amines is 1. The zero-order valence-electron chi connectivity index (χ0n) is 14.0. The lowest BCUT2D eigenvalue weighted by Gasteiger charge is -2.34. The summed E-state index contributed by atoms with van der Waals surface area (Å²) in [6, 6.07) is 11.7. The average Bonchev–Trinajstić information content (AvgIpc) is 3.35. The fourth-order valence-electron chi connectivity index (χ4n) is 3.50. The number of hydrogen-bond acceptors (Lipinski definition) is 6. The molecule has 1 aliphatic heterocycles. The fourth-order valence-corrected chi connectivity index (χ4v) is 3.50. The van der Waals surface area contributed by atoms with Crippen molar-refractivity contribution in [2.45, 2.75) is 12.5 Å². The number of nitriles is 1. The first-order chi connectivity index (χ1) is 13.2. The molecular formula is C18H13FN8. The molecule has 0 saturated carbocycles. The molecule has 1 N–H and O–H groups in total. The standard InChI is InChI=1S/C18H13FN8/c19-15-3-1-2-12-8-14(25-27(12)15)18-17-13(21-10-22-17)6-7-26(18)16-5-4-11(9-20)23-24-16/h1-5,8,10,18H,6-7H2,(H,21,22)/t18-/m1/s1. The smallest absolute Gasteiger partial charge is 0.214 e. The number of pyridine rings is 1. The zero-order valence-corrected chi connectivity index (χ0v) is 14.0. The van der Waals surface area contributed by atoms with Crippen LogP contribution in [0.25, 0.3) is 5.52 Å². The minimum absolute atomic E-state index is 0.252. The van der Waals surface area contributed by atoms with Gasteiger partial charge in [0.15, 0.2) is 11.5 Å². The molecule has 4 aromatic rings. The van der Waals surface area contributed by atoms with Crippen molar-refractivity contribution in [3.05, 3.63) is 71.4 Å². The summed E-state index contributed by atoms with van der Waals surface area (Å²) in [6.45, 7) is 0.663. The van der Waals surface area contributed by atoms with Crippen molar-refractivity contribution in [1.29, 1.82) is 5.26 Å². The van der Waals surface area contributed by atoms with E-state index in [4.69, 9.17) is 5.26 Å². The van der Waals surface area contributed by atoms with Gasteiger partial charge in [0.2, 0.25) is 5.95 Å². The molecule has 0 aliphatic carbocycles. The van der Waals surface area contributed by atoms with Crippen molar-refractivity contribution in [2.75, 3.05) is 11.4 Å². The molecule has 0 fully saturated rings. The first kappa shape index (κ1) is 15.5. The third-order valence-electron chi connectivity index (χ3n) is 4.72. The van der Waals surface area contributed by atoms with E-state index in [-0.39, 0.29) is 11.7 Å². The van der Waals surface area contributed by atoms with E-state index in [9.17, 15) is 4.39 Å². The maximum atomic E-state index is 14.1. The predicted molar refractivity (Wildman–Crippen MR) is 93.4 cm³/mol. The van der Waals surface area contributed by atoms with Crippen molar-refractivity contribution in [3.8, 4) is 6.07 Å². The molecule has 5 rings (SSSR count). The van der Waals surface area contributed by atoms with E-state index >= 15 is 0 Å². The van der Waals surface area contributed by atoms with Crippen molar-refractivity contribution >= 4 is 11.3 Å². The third-order valence-corrected chi connectivity index (χ3v) is 4.72. The van der Waals surface area contributed by atoms with Gasteiger partial charge in [0, 0.05) is 18.7 Å². The van der Waals surface area contributed by atoms with Gasteiger partial charge in [-0.2, -0.15) is 14.8 Å². The first-order valence-electron chi connectivity index (χ1n) is 8.41. The Kier molecular flexibility index (Phi) is 3.36. The first-order valence-corrected chi connectivity index (χ1v) is 8.41. The molecule has 1 atom stereocenters. The number of nitrogens with one attached hydrogen (secondary N) is 1. The van der Waals surface area contributed by atoms with Crippen LogP contribution in [-0.4, -0.2) is 36.3 Å². The van der Waals surface area contributed by atoms with Gasteiger partial charge in [-0.15, -0.1) is 10.2 Å². The zero-order chi connectivity index (χ0) is 18.4. The van der Waals surface area contributed by atoms with E-state index in [0.717, 1.165) is 17.8 Å². The number of rotatable bonds is 2. The third kappa shape index (κ3) is 2.42. The molecule has 0 bridgehead atoms. The summed E-state index contributed by atoms with van der Waals surface area (Å²) in [5.41, 5.74) is 3.44. The molecule has 132 valence electrons. The van der Waals surface area contributed by atoms with Gasteiger partial charge in [-0.25, -0.2) is 9.50 Å². The van der Waals surface area contributed by atoms with Gasteiger partial charge in [0.25, 0.3) is 0 Å². The van der Waals surface area contributed by atoms with Crippen LogP contribution < -0.4 is 4.90 Å². The number of hydrogen-bond donors (Lipinski definition) is 1. The number of halogens is 1. The van der Waals surface area contributed by atoms with Crippen LogP contribution in [0.15, 0.2) is 42.7 Å². The Morgan fingerprint density at radius 2 is 2.15 bits per heavy atom. The van der Waals surface area contributed by atoms with Gasteiger partial charge in [-0.05, 0) is 30.3 Å². The Labute approximate surface area is 152 Å². The second-order valence-electron chi connectivity index (χ2n) is 6.26. The highest BCUT2D eigenvalue weighted by Crippen LogP contribution is 2.35. The Balaban J connectivity index is 1.66. The van der Waals surface area contributed by atoms with Gasteiger partial charge in [-0.3, -0.25) is 0 Å². The molecule has 4 aromatic heterocycles. The van der Waals surface area contributed by atoms with E-state index < -0.39 is 5.95 Å². The molecule has 0 aromatic carbocycles. The van der Waals surface area contributed by atoms with Gasteiger partial charge in [-0.1, -0.05) is 6.07 Å². The number of imidazole rings is 1. The highest BCUT2D eigenvalue weighted by atomic mass is 19.1. The van der Waals surface area contributed by atoms with E-state index in [1.54, 1.807) is 30.6 Å². The summed E-state index contributed by atoms with van der Waals surface area (Å²) in [6.07, 6.45) is 2.41. The van der Waals surface area contributed by atoms with Gasteiger partial charge in [0.1, 0.15) is 12.1 Å². The molecule has 0 unspecified atom stereocenters. The molecule has 8 nitrogen and oxygen atoms in total. The Morgan fingerprint density at radius 3 is 2.93 bits per heavy atom. The van der Waals surface area contributed by atoms with Crippen LogP contribution in [0, 0.1) is 17.3 Å². The lowest BCUT2D eigenvalue weighted by Crippen LogP contribution is -2.37. The van der Waals surface area contributed by atoms with Crippen LogP contribution >= 0.6 is 0 Å². The van der Waals surface area contributed by atoms with Crippen LogP contribution in [0.3, 0.4) is 0 Å². The molecular weight excluding hydrogens is 347 g/mol. The number of anilines is 1. The summed E-state index contributed by atoms with van der Waals surface area (Å²) in [7, 11) is 0. The van der Waals surface area contributed by atoms with Crippen LogP contribution in [0.4, 0.5) is 10.2 Å². The van der Waals surface area contributed by atoms with Crippen molar-refractivity contribution in [2.24, 2.45) is 0 Å². The Bertz CT molecular complexity index is 1170. The molecule has 0 spiro atoms. The van der Waals surface area contributed by atoms with E-state index in [1.807, 2.05) is 17.0 Å². The van der Waals surface area contributed by atoms with Gasteiger partial charge in [0.05, 0.1) is 23.2 Å². The summed E-state index contributed by atoms with van der Waals surface area (Å²) in [5, 5.41) is 21.5. The maximum Gasteiger partial charge on any atom is 0.214 e. The Morgan fingerprint density at radius 1 is 1.22 bits per heavy atom. The van der Waals surface area contributed by atoms with Crippen LogP contribution in [0.5, 0.6) is 0 Å². The monoisotopic (exact) mass is 360 g/mol. The van der Waals surface area contributed by atoms with Crippen molar-refractivity contribution < 1.29 is 4.39 Å². The second kappa shape index (κ2) is 5.88. The minimum Gasteiger partial charge on any atom is -0.348 e. The molecule has 0 amide bonds. The largest absolute Gasteiger partial charge is 0.348 e. The maximum absolute atomic E-state index is 14.1. The van der Waals surface area contributed by atoms with E-state index in [1.165, 1.54) is 10.6 Å². The molecule has 1 aliphatic rings. The van der Waals surface area contributed by atoms with Crippen LogP contribution in [0.1, 0.15) is 28.8 Å². The fraction of sp³-hybridized carbons (Fsp3) is 0.167. The number of fused-ring (bicyclic) bond motifs is 2. The minimum atomic E-state index is -0.429. The van der Waals surface area contributed by atoms with Crippen LogP contribution in [0.2, 0.25) is 0 Å². The Hall–Kier alpha value is -3.80. The topological polar surface area (TPSA) is 98.8 Å². The SMILES string of the molecule is N#Cc1ccc(N2CCc3[nH]cnc3[C@H]2c2cc3cccc(F)n3n2)nn1.